The topological polar surface area (TPSA) is 41.1 Å². The zero-order valence-electron chi connectivity index (χ0n) is 12.4. The molecule has 1 saturated heterocycles. The van der Waals surface area contributed by atoms with Crippen molar-refractivity contribution < 1.29 is 18.0 Å². The second kappa shape index (κ2) is 6.78. The minimum absolute atomic E-state index is 0.0198. The van der Waals surface area contributed by atoms with E-state index in [0.29, 0.717) is 0 Å². The van der Waals surface area contributed by atoms with Crippen LogP contribution in [0, 0.1) is 5.92 Å². The number of hydrogen-bond acceptors (Lipinski definition) is 2. The van der Waals surface area contributed by atoms with Crippen LogP contribution in [0.5, 0.6) is 0 Å². The molecule has 0 saturated carbocycles. The van der Waals surface area contributed by atoms with Crippen molar-refractivity contribution in [2.45, 2.75) is 70.6 Å². The Kier molecular flexibility index (Phi) is 5.86. The van der Waals surface area contributed by atoms with Crippen LogP contribution in [0.3, 0.4) is 0 Å². The first-order valence-electron chi connectivity index (χ1n) is 7.40. The van der Waals surface area contributed by atoms with Crippen LogP contribution in [-0.4, -0.2) is 30.2 Å². The molecule has 0 aliphatic carbocycles. The molecule has 1 fully saturated rings. The number of rotatable bonds is 5. The Bertz CT molecular complexity index is 311. The van der Waals surface area contributed by atoms with Gasteiger partial charge >= 0.3 is 6.18 Å². The quantitative estimate of drug-likeness (QED) is 0.818. The van der Waals surface area contributed by atoms with E-state index in [1.807, 2.05) is 20.8 Å². The molecule has 1 aliphatic heterocycles. The van der Waals surface area contributed by atoms with Crippen molar-refractivity contribution in [1.82, 2.24) is 10.6 Å². The normalized spacial score (nSPS) is 24.5. The second-order valence-corrected chi connectivity index (χ2v) is 5.61. The molecule has 20 heavy (non-hydrogen) atoms. The summed E-state index contributed by atoms with van der Waals surface area (Å²) in [6.07, 6.45) is -1.44. The van der Waals surface area contributed by atoms with Crippen LogP contribution < -0.4 is 10.6 Å². The summed E-state index contributed by atoms with van der Waals surface area (Å²) < 4.78 is 37.7. The van der Waals surface area contributed by atoms with Crippen LogP contribution in [0.25, 0.3) is 0 Å². The first-order chi connectivity index (χ1) is 9.28. The van der Waals surface area contributed by atoms with Gasteiger partial charge in [0.15, 0.2) is 0 Å². The Morgan fingerprint density at radius 1 is 1.15 bits per heavy atom. The fraction of sp³-hybridized carbons (Fsp3) is 0.929. The lowest BCUT2D eigenvalue weighted by atomic mass is 9.88. The van der Waals surface area contributed by atoms with Crippen molar-refractivity contribution >= 4 is 5.91 Å². The number of halogens is 3. The molecule has 0 aromatic rings. The summed E-state index contributed by atoms with van der Waals surface area (Å²) >= 11 is 0. The minimum Gasteiger partial charge on any atom is -0.349 e. The Labute approximate surface area is 118 Å². The molecule has 0 bridgehead atoms. The van der Waals surface area contributed by atoms with E-state index >= 15 is 0 Å². The number of hydrogen-bond donors (Lipinski definition) is 2. The highest BCUT2D eigenvalue weighted by atomic mass is 19.4. The molecule has 118 valence electrons. The van der Waals surface area contributed by atoms with Gasteiger partial charge in [0.25, 0.3) is 0 Å². The molecule has 3 nitrogen and oxygen atoms in total. The third-order valence-electron chi connectivity index (χ3n) is 4.61. The molecule has 0 aromatic carbocycles. The van der Waals surface area contributed by atoms with E-state index < -0.39 is 18.1 Å². The summed E-state index contributed by atoms with van der Waals surface area (Å²) in [5.41, 5.74) is -0.236. The second-order valence-electron chi connectivity index (χ2n) is 5.61. The molecule has 0 radical (unpaired) electrons. The fourth-order valence-corrected chi connectivity index (χ4v) is 2.72. The summed E-state index contributed by atoms with van der Waals surface area (Å²) in [6, 6.07) is -0.502. The molecule has 0 spiro atoms. The number of carbonyl (C=O) groups excluding carboxylic acids is 1. The van der Waals surface area contributed by atoms with Gasteiger partial charge < -0.3 is 10.6 Å². The Morgan fingerprint density at radius 2 is 1.70 bits per heavy atom. The average Bonchev–Trinajstić information content (AvgIpc) is 2.44. The van der Waals surface area contributed by atoms with Crippen LogP contribution in [0.4, 0.5) is 13.2 Å². The Hall–Kier alpha value is -0.780. The lowest BCUT2D eigenvalue weighted by Crippen LogP contribution is -2.56. The largest absolute Gasteiger partial charge is 0.393 e. The SMILES string of the molecule is CCC(CC)(CC)NC(=O)C1CCC(C(F)(F)F)CN1. The Morgan fingerprint density at radius 3 is 2.05 bits per heavy atom. The predicted molar refractivity (Wildman–Crippen MR) is 72.3 cm³/mol. The highest BCUT2D eigenvalue weighted by Gasteiger charge is 2.43. The number of nitrogens with one attached hydrogen (secondary N) is 2. The van der Waals surface area contributed by atoms with Gasteiger partial charge in [0, 0.05) is 12.1 Å². The maximum absolute atomic E-state index is 12.6. The zero-order chi connectivity index (χ0) is 15.4. The van der Waals surface area contributed by atoms with E-state index in [1.54, 1.807) is 0 Å². The zero-order valence-corrected chi connectivity index (χ0v) is 12.4. The van der Waals surface area contributed by atoms with Crippen molar-refractivity contribution in [3.63, 3.8) is 0 Å². The highest BCUT2D eigenvalue weighted by Crippen LogP contribution is 2.32. The van der Waals surface area contributed by atoms with Crippen molar-refractivity contribution in [2.75, 3.05) is 6.54 Å². The van der Waals surface area contributed by atoms with E-state index in [9.17, 15) is 18.0 Å². The monoisotopic (exact) mass is 294 g/mol. The minimum atomic E-state index is -4.17. The highest BCUT2D eigenvalue weighted by molar-refractivity contribution is 5.82. The van der Waals surface area contributed by atoms with E-state index in [-0.39, 0.29) is 30.8 Å². The molecular weight excluding hydrogens is 269 g/mol. The van der Waals surface area contributed by atoms with Crippen LogP contribution >= 0.6 is 0 Å². The van der Waals surface area contributed by atoms with Crippen LogP contribution in [0.1, 0.15) is 52.9 Å². The Balaban J connectivity index is 2.55. The maximum Gasteiger partial charge on any atom is 0.393 e. The maximum atomic E-state index is 12.6. The molecule has 6 heteroatoms. The molecule has 1 rings (SSSR count). The van der Waals surface area contributed by atoms with Crippen molar-refractivity contribution in [1.29, 1.82) is 0 Å². The van der Waals surface area contributed by atoms with Crippen molar-refractivity contribution in [3.05, 3.63) is 0 Å². The van der Waals surface area contributed by atoms with Crippen LogP contribution in [0.2, 0.25) is 0 Å². The lowest BCUT2D eigenvalue weighted by Gasteiger charge is -2.36. The molecule has 1 aliphatic rings. The van der Waals surface area contributed by atoms with Gasteiger partial charge in [-0.3, -0.25) is 4.79 Å². The first kappa shape index (κ1) is 17.3. The van der Waals surface area contributed by atoms with Gasteiger partial charge in [-0.15, -0.1) is 0 Å². The lowest BCUT2D eigenvalue weighted by molar-refractivity contribution is -0.180. The molecule has 2 N–H and O–H groups in total. The summed E-state index contributed by atoms with van der Waals surface area (Å²) in [6.45, 7) is 5.88. The van der Waals surface area contributed by atoms with Gasteiger partial charge in [0.05, 0.1) is 12.0 Å². The number of carbonyl (C=O) groups is 1. The van der Waals surface area contributed by atoms with E-state index in [1.165, 1.54) is 0 Å². The van der Waals surface area contributed by atoms with Crippen LogP contribution in [-0.2, 0) is 4.79 Å². The van der Waals surface area contributed by atoms with E-state index in [2.05, 4.69) is 10.6 Å². The summed E-state index contributed by atoms with van der Waals surface area (Å²) in [7, 11) is 0. The first-order valence-corrected chi connectivity index (χ1v) is 7.40. The van der Waals surface area contributed by atoms with E-state index in [0.717, 1.165) is 19.3 Å². The van der Waals surface area contributed by atoms with Gasteiger partial charge in [-0.25, -0.2) is 0 Å². The number of piperidine rings is 1. The van der Waals surface area contributed by atoms with Crippen LogP contribution in [0.15, 0.2) is 0 Å². The van der Waals surface area contributed by atoms with Gasteiger partial charge in [0.2, 0.25) is 5.91 Å². The fourth-order valence-electron chi connectivity index (χ4n) is 2.72. The van der Waals surface area contributed by atoms with Crippen molar-refractivity contribution in [2.24, 2.45) is 5.92 Å². The third-order valence-corrected chi connectivity index (χ3v) is 4.61. The number of amides is 1. The van der Waals surface area contributed by atoms with Gasteiger partial charge in [0.1, 0.15) is 0 Å². The average molecular weight is 294 g/mol. The van der Waals surface area contributed by atoms with Crippen molar-refractivity contribution in [3.8, 4) is 0 Å². The third kappa shape index (κ3) is 4.11. The molecule has 0 aromatic heterocycles. The summed E-state index contributed by atoms with van der Waals surface area (Å²) in [5.74, 6) is -1.50. The molecule has 2 unspecified atom stereocenters. The smallest absolute Gasteiger partial charge is 0.349 e. The summed E-state index contributed by atoms with van der Waals surface area (Å²) in [5, 5.41) is 5.76. The molecular formula is C14H25F3N2O. The standard InChI is InChI=1S/C14H25F3N2O/c1-4-13(5-2,6-3)19-12(20)11-8-7-10(9-18-11)14(15,16)17/h10-11,18H,4-9H2,1-3H3,(H,19,20). The molecule has 1 amide bonds. The predicted octanol–water partition coefficient (Wildman–Crippen LogP) is 3.00. The number of alkyl halides is 3. The van der Waals surface area contributed by atoms with Gasteiger partial charge in [-0.2, -0.15) is 13.2 Å². The van der Waals surface area contributed by atoms with Gasteiger partial charge in [-0.05, 0) is 32.1 Å². The molecule has 2 atom stereocenters. The molecule has 1 heterocycles. The van der Waals surface area contributed by atoms with E-state index in [4.69, 9.17) is 0 Å². The summed E-state index contributed by atoms with van der Waals surface area (Å²) in [4.78, 5) is 12.2. The van der Waals surface area contributed by atoms with Gasteiger partial charge in [-0.1, -0.05) is 20.8 Å².